The van der Waals surface area contributed by atoms with Gasteiger partial charge in [-0.05, 0) is 59.2 Å². The highest BCUT2D eigenvalue weighted by atomic mass is 32.9. The third-order valence-corrected chi connectivity index (χ3v) is 9.82. The quantitative estimate of drug-likeness (QED) is 0.0774. The molecular weight excluding hydrogens is 694 g/mol. The van der Waals surface area contributed by atoms with E-state index in [0.29, 0.717) is 17.1 Å². The Balaban J connectivity index is 1.42. The van der Waals surface area contributed by atoms with Gasteiger partial charge in [0.25, 0.3) is 5.91 Å². The molecule has 0 saturated carbocycles. The van der Waals surface area contributed by atoms with Crippen LogP contribution in [-0.2, 0) is 26.5 Å². The maximum absolute atomic E-state index is 13.4. The topological polar surface area (TPSA) is 121 Å². The van der Waals surface area contributed by atoms with Crippen LogP contribution in [0.2, 0.25) is 0 Å². The standard InChI is InChI=1S/C37H34N3O7PS2/c1-44-28-17-13-26(14-18-28)37(25-11-7-4-8-12-25,27-15-19-29(45-2)20-16-27)34(41)33-30(47-48(49)50)23-32(46-33)40-22-21-31(39-36(40)43)38-35(42)24-9-5-3-6-10-24/h3-22,30,32-34,41H,23H2,1-2H3,(H-,38,39,42,43,49,50)/p+1/t30-,32+,33-,34?/m0/s1. The van der Waals surface area contributed by atoms with Crippen molar-refractivity contribution in [3.05, 3.63) is 154 Å². The zero-order valence-corrected chi connectivity index (χ0v) is 29.8. The Morgan fingerprint density at radius 1 is 0.920 bits per heavy atom. The lowest BCUT2D eigenvalue weighted by molar-refractivity contribution is -0.0926. The molecule has 2 heterocycles. The van der Waals surface area contributed by atoms with Crippen LogP contribution in [0, 0.1) is 0 Å². The van der Waals surface area contributed by atoms with E-state index < -0.39 is 47.7 Å². The first-order chi connectivity index (χ1) is 24.2. The van der Waals surface area contributed by atoms with Crippen LogP contribution in [0.25, 0.3) is 0 Å². The number of hydrogen-bond acceptors (Lipinski definition) is 9. The van der Waals surface area contributed by atoms with Gasteiger partial charge in [0.2, 0.25) is 11.8 Å². The number of hydrogen-bond donors (Lipinski definition) is 3. The molecular formula is C37H35N3O7PS2+. The van der Waals surface area contributed by atoms with Crippen molar-refractivity contribution in [2.75, 3.05) is 19.5 Å². The minimum atomic E-state index is -1.60. The maximum Gasteiger partial charge on any atom is 0.411 e. The Morgan fingerprint density at radius 3 is 1.98 bits per heavy atom. The summed E-state index contributed by atoms with van der Waals surface area (Å²) in [7, 11) is 3.19. The molecule has 1 amide bonds. The molecule has 0 bridgehead atoms. The highest BCUT2D eigenvalue weighted by molar-refractivity contribution is 8.54. The van der Waals surface area contributed by atoms with Crippen LogP contribution in [0.4, 0.5) is 5.82 Å². The molecule has 6 rings (SSSR count). The van der Waals surface area contributed by atoms with E-state index in [1.165, 1.54) is 16.8 Å². The van der Waals surface area contributed by atoms with E-state index in [0.717, 1.165) is 16.7 Å². The summed E-state index contributed by atoms with van der Waals surface area (Å²) in [6, 6.07) is 34.8. The molecule has 4 aromatic carbocycles. The fourth-order valence-electron chi connectivity index (χ4n) is 6.48. The van der Waals surface area contributed by atoms with Gasteiger partial charge in [0.15, 0.2) is 0 Å². The summed E-state index contributed by atoms with van der Waals surface area (Å²) in [5.74, 6) is 1.00. The van der Waals surface area contributed by atoms with Crippen LogP contribution in [0.1, 0.15) is 39.7 Å². The molecule has 1 aromatic heterocycles. The first kappa shape index (κ1) is 35.4. The second-order valence-electron chi connectivity index (χ2n) is 11.6. The number of nitrogens with zero attached hydrogens (tertiary/aromatic N) is 2. The van der Waals surface area contributed by atoms with Crippen LogP contribution < -0.4 is 20.5 Å². The molecule has 1 aliphatic heterocycles. The Kier molecular flexibility index (Phi) is 11.1. The number of aromatic nitrogens is 2. The van der Waals surface area contributed by atoms with Gasteiger partial charge in [-0.15, -0.1) is 0 Å². The third kappa shape index (κ3) is 7.22. The Hall–Kier alpha value is -4.42. The number of aliphatic hydroxyl groups is 1. The third-order valence-electron chi connectivity index (χ3n) is 8.83. The molecule has 5 aromatic rings. The highest BCUT2D eigenvalue weighted by Gasteiger charge is 2.54. The predicted octanol–water partition coefficient (Wildman–Crippen LogP) is 6.28. The minimum Gasteiger partial charge on any atom is -0.497 e. The van der Waals surface area contributed by atoms with Gasteiger partial charge in [0, 0.05) is 18.2 Å². The van der Waals surface area contributed by atoms with E-state index in [1.807, 2.05) is 78.9 Å². The van der Waals surface area contributed by atoms with Crippen molar-refractivity contribution >= 4 is 41.9 Å². The van der Waals surface area contributed by atoms with Crippen LogP contribution in [0.3, 0.4) is 0 Å². The number of ether oxygens (including phenoxy) is 3. The highest BCUT2D eigenvalue weighted by Crippen LogP contribution is 2.49. The second-order valence-corrected chi connectivity index (χ2v) is 15.2. The number of carbonyl (C=O) groups excluding carboxylic acids is 1. The maximum atomic E-state index is 13.4. The molecule has 256 valence electrons. The minimum absolute atomic E-state index is 0.0917. The molecule has 10 nitrogen and oxygen atoms in total. The zero-order valence-electron chi connectivity index (χ0n) is 27.2. The number of amides is 1. The van der Waals surface area contributed by atoms with Crippen molar-refractivity contribution in [1.29, 1.82) is 0 Å². The van der Waals surface area contributed by atoms with Gasteiger partial charge in [-0.25, -0.2) is 4.79 Å². The van der Waals surface area contributed by atoms with E-state index in [1.54, 1.807) is 44.6 Å². The van der Waals surface area contributed by atoms with Gasteiger partial charge < -0.3 is 24.6 Å². The predicted molar refractivity (Wildman–Crippen MR) is 198 cm³/mol. The summed E-state index contributed by atoms with van der Waals surface area (Å²) in [4.78, 5) is 30.2. The van der Waals surface area contributed by atoms with Crippen molar-refractivity contribution in [3.8, 4) is 11.5 Å². The van der Waals surface area contributed by atoms with Gasteiger partial charge in [-0.1, -0.05) is 72.8 Å². The Morgan fingerprint density at radius 2 is 1.46 bits per heavy atom. The van der Waals surface area contributed by atoms with Crippen molar-refractivity contribution in [2.45, 2.75) is 36.4 Å². The van der Waals surface area contributed by atoms with E-state index in [-0.39, 0.29) is 12.2 Å². The number of aliphatic hydroxyl groups excluding tert-OH is 1. The number of nitrogens with one attached hydrogen (secondary N) is 1. The van der Waals surface area contributed by atoms with E-state index >= 15 is 0 Å². The van der Waals surface area contributed by atoms with Crippen LogP contribution in [0.5, 0.6) is 11.5 Å². The average molecular weight is 729 g/mol. The summed E-state index contributed by atoms with van der Waals surface area (Å²) in [5, 5.41) is 15.5. The van der Waals surface area contributed by atoms with Gasteiger partial charge in [-0.3, -0.25) is 9.36 Å². The number of rotatable bonds is 12. The first-order valence-electron chi connectivity index (χ1n) is 15.7. The van der Waals surface area contributed by atoms with E-state index in [4.69, 9.17) is 30.5 Å². The summed E-state index contributed by atoms with van der Waals surface area (Å²) in [6.07, 6.45) is -3.84. The number of carbonyl (C=O) groups is 1. The Labute approximate surface area is 300 Å². The normalized spacial score (nSPS) is 18.2. The summed E-state index contributed by atoms with van der Waals surface area (Å²) < 4.78 is 25.0. The molecule has 0 aliphatic carbocycles. The van der Waals surface area contributed by atoms with E-state index in [2.05, 4.69) is 22.5 Å². The van der Waals surface area contributed by atoms with Gasteiger partial charge in [-0.2, -0.15) is 9.51 Å². The van der Waals surface area contributed by atoms with Gasteiger partial charge in [0.1, 0.15) is 54.1 Å². The zero-order chi connectivity index (χ0) is 35.3. The monoisotopic (exact) mass is 728 g/mol. The number of benzene rings is 4. The lowest BCUT2D eigenvalue weighted by atomic mass is 9.64. The summed E-state index contributed by atoms with van der Waals surface area (Å²) >= 11 is 9.78. The molecule has 2 N–H and O–H groups in total. The van der Waals surface area contributed by atoms with Crippen LogP contribution in [-0.4, -0.2) is 53.1 Å². The van der Waals surface area contributed by atoms with Crippen molar-refractivity contribution in [2.24, 2.45) is 0 Å². The largest absolute Gasteiger partial charge is 0.497 e. The fourth-order valence-corrected chi connectivity index (χ4v) is 7.61. The summed E-state index contributed by atoms with van der Waals surface area (Å²) in [6.45, 7) is 0. The number of anilines is 1. The lowest BCUT2D eigenvalue weighted by Crippen LogP contribution is -2.51. The lowest BCUT2D eigenvalue weighted by Gasteiger charge is -2.42. The molecule has 0 radical (unpaired) electrons. The first-order valence-corrected chi connectivity index (χ1v) is 19.1. The summed E-state index contributed by atoms with van der Waals surface area (Å²) in [5.41, 5.74) is 0.876. The van der Waals surface area contributed by atoms with Crippen LogP contribution in [0.15, 0.2) is 126 Å². The van der Waals surface area contributed by atoms with Crippen molar-refractivity contribution in [3.63, 3.8) is 0 Å². The molecule has 1 aliphatic rings. The fraction of sp³-hybridized carbons (Fsp3) is 0.216. The van der Waals surface area contributed by atoms with Crippen molar-refractivity contribution < 1.29 is 28.6 Å². The van der Waals surface area contributed by atoms with Gasteiger partial charge in [0.05, 0.1) is 19.6 Å². The smallest absolute Gasteiger partial charge is 0.411 e. The molecule has 50 heavy (non-hydrogen) atoms. The van der Waals surface area contributed by atoms with Crippen LogP contribution >= 0.6 is 18.4 Å². The molecule has 13 heteroatoms. The molecule has 1 fully saturated rings. The molecule has 0 spiro atoms. The molecule has 1 saturated heterocycles. The SMILES string of the molecule is COc1ccc(C(c2ccccc2)(c2ccc(OC)cc2)C(O)[C@H]2O[C@@H](n3ccc(NC(=O)c4ccccc4)nc3=O)C[C@@H]2O[P+](=S)S)cc1. The van der Waals surface area contributed by atoms with Crippen molar-refractivity contribution in [1.82, 2.24) is 9.55 Å². The molecule has 2 unspecified atom stereocenters. The van der Waals surface area contributed by atoms with E-state index in [9.17, 15) is 14.7 Å². The average Bonchev–Trinajstić information content (AvgIpc) is 3.55. The number of thiol groups is 1. The number of methoxy groups -OCH3 is 2. The van der Waals surface area contributed by atoms with Gasteiger partial charge >= 0.3 is 11.8 Å². The Bertz CT molecular complexity index is 1950. The molecule has 5 atom stereocenters. The second kappa shape index (κ2) is 15.6.